The Hall–Kier alpha value is -4.21. The summed E-state index contributed by atoms with van der Waals surface area (Å²) in [5, 5.41) is 2.83. The Kier molecular flexibility index (Phi) is 7.96. The van der Waals surface area contributed by atoms with Gasteiger partial charge in [-0.15, -0.1) is 0 Å². The molecule has 2 aromatic carbocycles. The third-order valence-electron chi connectivity index (χ3n) is 5.37. The average Bonchev–Trinajstić information content (AvgIpc) is 2.84. The van der Waals surface area contributed by atoms with Crippen molar-refractivity contribution in [2.75, 3.05) is 37.9 Å². The van der Waals surface area contributed by atoms with Crippen molar-refractivity contribution in [3.8, 4) is 11.5 Å². The second kappa shape index (κ2) is 11.1. The van der Waals surface area contributed by atoms with E-state index in [4.69, 9.17) is 15.2 Å². The molecule has 0 bridgehead atoms. The molecule has 0 fully saturated rings. The highest BCUT2D eigenvalue weighted by atomic mass is 16.5. The third-order valence-corrected chi connectivity index (χ3v) is 5.37. The Balaban J connectivity index is 1.77. The average molecular weight is 468 g/mol. The van der Waals surface area contributed by atoms with Crippen molar-refractivity contribution < 1.29 is 14.3 Å². The van der Waals surface area contributed by atoms with Crippen LogP contribution in [0.15, 0.2) is 58.1 Å². The van der Waals surface area contributed by atoms with Crippen molar-refractivity contribution in [1.82, 2.24) is 14.9 Å². The van der Waals surface area contributed by atoms with Crippen molar-refractivity contribution >= 4 is 17.4 Å². The molecular formula is C24H29N5O5. The van der Waals surface area contributed by atoms with Crippen molar-refractivity contribution in [3.63, 3.8) is 0 Å². The van der Waals surface area contributed by atoms with E-state index in [2.05, 4.69) is 10.3 Å². The number of rotatable bonds is 10. The first kappa shape index (κ1) is 24.4. The number of nitrogen functional groups attached to an aromatic ring is 1. The SMILES string of the molecule is CCN(CC(=O)NCc1ccc(OC)c(OC)c1)c1c(N)n(Cc2ccccc2)c(=O)[nH]c1=O. The van der Waals surface area contributed by atoms with Gasteiger partial charge >= 0.3 is 5.69 Å². The van der Waals surface area contributed by atoms with E-state index in [0.717, 1.165) is 11.1 Å². The van der Waals surface area contributed by atoms with Crippen LogP contribution in [0.3, 0.4) is 0 Å². The minimum Gasteiger partial charge on any atom is -0.493 e. The van der Waals surface area contributed by atoms with Gasteiger partial charge in [0, 0.05) is 13.1 Å². The lowest BCUT2D eigenvalue weighted by Gasteiger charge is -2.24. The summed E-state index contributed by atoms with van der Waals surface area (Å²) in [6, 6.07) is 14.6. The van der Waals surface area contributed by atoms with Crippen molar-refractivity contribution in [3.05, 3.63) is 80.5 Å². The van der Waals surface area contributed by atoms with E-state index in [9.17, 15) is 14.4 Å². The first-order valence-electron chi connectivity index (χ1n) is 10.8. The number of ether oxygens (including phenoxy) is 2. The maximum atomic E-state index is 12.7. The molecular weight excluding hydrogens is 438 g/mol. The van der Waals surface area contributed by atoms with E-state index >= 15 is 0 Å². The number of aromatic amines is 1. The summed E-state index contributed by atoms with van der Waals surface area (Å²) in [6.07, 6.45) is 0. The molecule has 0 saturated carbocycles. The van der Waals surface area contributed by atoms with Crippen LogP contribution >= 0.6 is 0 Å². The monoisotopic (exact) mass is 467 g/mol. The number of H-pyrrole nitrogens is 1. The number of methoxy groups -OCH3 is 2. The van der Waals surface area contributed by atoms with Gasteiger partial charge in [-0.1, -0.05) is 36.4 Å². The summed E-state index contributed by atoms with van der Waals surface area (Å²) in [7, 11) is 3.09. The first-order chi connectivity index (χ1) is 16.4. The van der Waals surface area contributed by atoms with Gasteiger partial charge in [0.15, 0.2) is 11.5 Å². The van der Waals surface area contributed by atoms with Crippen LogP contribution in [0.2, 0.25) is 0 Å². The van der Waals surface area contributed by atoms with Crippen LogP contribution in [0.4, 0.5) is 11.5 Å². The number of likely N-dealkylation sites (N-methyl/N-ethyl adjacent to an activating group) is 1. The molecule has 0 aliphatic rings. The molecule has 10 heteroatoms. The van der Waals surface area contributed by atoms with Crippen LogP contribution in [0.5, 0.6) is 11.5 Å². The number of nitrogens with two attached hydrogens (primary N) is 1. The van der Waals surface area contributed by atoms with Crippen LogP contribution in [-0.4, -0.2) is 42.8 Å². The Morgan fingerprint density at radius 2 is 1.76 bits per heavy atom. The largest absolute Gasteiger partial charge is 0.493 e. The topological polar surface area (TPSA) is 132 Å². The fraction of sp³-hybridized carbons (Fsp3) is 0.292. The van der Waals surface area contributed by atoms with Crippen LogP contribution in [0, 0.1) is 0 Å². The molecule has 0 aliphatic carbocycles. The second-order valence-corrected chi connectivity index (χ2v) is 7.55. The molecule has 180 valence electrons. The second-order valence-electron chi connectivity index (χ2n) is 7.55. The minimum absolute atomic E-state index is 0.00661. The molecule has 3 rings (SSSR count). The van der Waals surface area contributed by atoms with E-state index in [0.29, 0.717) is 18.0 Å². The molecule has 10 nitrogen and oxygen atoms in total. The van der Waals surface area contributed by atoms with Crippen molar-refractivity contribution in [2.24, 2.45) is 0 Å². The number of benzene rings is 2. The number of amides is 1. The molecule has 1 aromatic heterocycles. The molecule has 34 heavy (non-hydrogen) atoms. The zero-order chi connectivity index (χ0) is 24.7. The molecule has 1 amide bonds. The lowest BCUT2D eigenvalue weighted by Crippen LogP contribution is -2.42. The number of nitrogens with zero attached hydrogens (tertiary/aromatic N) is 2. The summed E-state index contributed by atoms with van der Waals surface area (Å²) in [5.41, 5.74) is 6.76. The van der Waals surface area contributed by atoms with Crippen LogP contribution in [0.1, 0.15) is 18.1 Å². The summed E-state index contributed by atoms with van der Waals surface area (Å²) in [5.74, 6) is 0.850. The number of anilines is 2. The molecule has 0 radical (unpaired) electrons. The molecule has 3 aromatic rings. The lowest BCUT2D eigenvalue weighted by atomic mass is 10.2. The Bertz CT molecular complexity index is 1250. The Labute approximate surface area is 196 Å². The van der Waals surface area contributed by atoms with Crippen molar-refractivity contribution in [1.29, 1.82) is 0 Å². The van der Waals surface area contributed by atoms with Crippen LogP contribution < -0.4 is 36.7 Å². The molecule has 0 saturated heterocycles. The van der Waals surface area contributed by atoms with Gasteiger partial charge in [0.1, 0.15) is 11.5 Å². The predicted octanol–water partition coefficient (Wildman–Crippen LogP) is 1.33. The standard InChI is InChI=1S/C24H29N5O5/c1-4-28(15-20(30)26-13-17-10-11-18(33-2)19(12-17)34-3)21-22(25)29(24(32)27-23(21)31)14-16-8-6-5-7-9-16/h5-12H,4,13-15,25H2,1-3H3,(H,26,30)(H,27,31,32). The number of hydrogen-bond acceptors (Lipinski definition) is 7. The number of aromatic nitrogens is 2. The highest BCUT2D eigenvalue weighted by molar-refractivity contribution is 5.82. The molecule has 1 heterocycles. The fourth-order valence-corrected chi connectivity index (χ4v) is 3.58. The fourth-order valence-electron chi connectivity index (χ4n) is 3.58. The van der Waals surface area contributed by atoms with Gasteiger partial charge in [-0.05, 0) is 30.2 Å². The summed E-state index contributed by atoms with van der Waals surface area (Å²) in [6.45, 7) is 2.47. The van der Waals surface area contributed by atoms with Crippen LogP contribution in [0.25, 0.3) is 0 Å². The maximum Gasteiger partial charge on any atom is 0.330 e. The molecule has 0 spiro atoms. The molecule has 0 unspecified atom stereocenters. The van der Waals surface area contributed by atoms with Crippen LogP contribution in [-0.2, 0) is 17.9 Å². The van der Waals surface area contributed by atoms with Gasteiger partial charge in [0.25, 0.3) is 5.56 Å². The van der Waals surface area contributed by atoms with Gasteiger partial charge in [-0.2, -0.15) is 0 Å². The highest BCUT2D eigenvalue weighted by Gasteiger charge is 2.20. The zero-order valence-corrected chi connectivity index (χ0v) is 19.5. The zero-order valence-electron chi connectivity index (χ0n) is 19.5. The van der Waals surface area contributed by atoms with Gasteiger partial charge in [-0.25, -0.2) is 4.79 Å². The first-order valence-corrected chi connectivity index (χ1v) is 10.8. The normalized spacial score (nSPS) is 10.6. The predicted molar refractivity (Wildman–Crippen MR) is 131 cm³/mol. The molecule has 0 aliphatic heterocycles. The maximum absolute atomic E-state index is 12.7. The lowest BCUT2D eigenvalue weighted by molar-refractivity contribution is -0.119. The molecule has 0 atom stereocenters. The summed E-state index contributed by atoms with van der Waals surface area (Å²) < 4.78 is 11.8. The van der Waals surface area contributed by atoms with E-state index < -0.39 is 11.2 Å². The van der Waals surface area contributed by atoms with Crippen molar-refractivity contribution in [2.45, 2.75) is 20.0 Å². The van der Waals surface area contributed by atoms with E-state index in [-0.39, 0.29) is 37.0 Å². The summed E-state index contributed by atoms with van der Waals surface area (Å²) in [4.78, 5) is 41.6. The quantitative estimate of drug-likeness (QED) is 0.410. The summed E-state index contributed by atoms with van der Waals surface area (Å²) >= 11 is 0. The van der Waals surface area contributed by atoms with Gasteiger partial charge in [-0.3, -0.25) is 19.1 Å². The molecule has 4 N–H and O–H groups in total. The number of nitrogens with one attached hydrogen (secondary N) is 2. The van der Waals surface area contributed by atoms with Gasteiger partial charge in [0.2, 0.25) is 5.91 Å². The Morgan fingerprint density at radius 3 is 2.41 bits per heavy atom. The minimum atomic E-state index is -0.638. The number of carbonyl (C=O) groups is 1. The third kappa shape index (κ3) is 5.58. The number of carbonyl (C=O) groups excluding carboxylic acids is 1. The Morgan fingerprint density at radius 1 is 1.06 bits per heavy atom. The number of hydrogen-bond donors (Lipinski definition) is 3. The van der Waals surface area contributed by atoms with E-state index in [1.807, 2.05) is 36.4 Å². The van der Waals surface area contributed by atoms with E-state index in [1.165, 1.54) is 4.57 Å². The van der Waals surface area contributed by atoms with Gasteiger partial charge < -0.3 is 25.4 Å². The van der Waals surface area contributed by atoms with Gasteiger partial charge in [0.05, 0.1) is 27.3 Å². The van der Waals surface area contributed by atoms with E-state index in [1.54, 1.807) is 38.2 Å². The highest BCUT2D eigenvalue weighted by Crippen LogP contribution is 2.27. The smallest absolute Gasteiger partial charge is 0.330 e.